The van der Waals surface area contributed by atoms with Crippen LogP contribution >= 0.6 is 43.2 Å². The van der Waals surface area contributed by atoms with E-state index in [9.17, 15) is 4.79 Å². The average molecular weight is 355 g/mol. The maximum Gasteiger partial charge on any atom is 0.236 e. The summed E-state index contributed by atoms with van der Waals surface area (Å²) in [5.41, 5.74) is 1.17. The predicted octanol–water partition coefficient (Wildman–Crippen LogP) is 3.64. The molecule has 0 saturated heterocycles. The van der Waals surface area contributed by atoms with Crippen molar-refractivity contribution in [2.75, 3.05) is 7.05 Å². The highest BCUT2D eigenvalue weighted by molar-refractivity contribution is 9.11. The van der Waals surface area contributed by atoms with Crippen LogP contribution < -0.4 is 0 Å². The standard InChI is InChI=1S/C10H13Br2NOS/c1-3-8(11)10(14)13(2)5-7-4-9(12)15-6-7/h4,6,8H,3,5H2,1-2H3. The maximum atomic E-state index is 11.8. The summed E-state index contributed by atoms with van der Waals surface area (Å²) < 4.78 is 1.10. The summed E-state index contributed by atoms with van der Waals surface area (Å²) >= 11 is 8.41. The summed E-state index contributed by atoms with van der Waals surface area (Å²) in [4.78, 5) is 13.4. The number of nitrogens with zero attached hydrogens (tertiary/aromatic N) is 1. The van der Waals surface area contributed by atoms with E-state index in [2.05, 4.69) is 37.2 Å². The summed E-state index contributed by atoms with van der Waals surface area (Å²) in [7, 11) is 1.83. The van der Waals surface area contributed by atoms with Crippen LogP contribution in [0.5, 0.6) is 0 Å². The molecule has 1 aromatic heterocycles. The average Bonchev–Trinajstić information content (AvgIpc) is 2.61. The number of amides is 1. The lowest BCUT2D eigenvalue weighted by molar-refractivity contribution is -0.129. The van der Waals surface area contributed by atoms with E-state index in [1.807, 2.05) is 20.0 Å². The van der Waals surface area contributed by atoms with Gasteiger partial charge in [-0.05, 0) is 39.4 Å². The van der Waals surface area contributed by atoms with Crippen LogP contribution in [0.15, 0.2) is 15.2 Å². The summed E-state index contributed by atoms with van der Waals surface area (Å²) in [5.74, 6) is 0.139. The van der Waals surface area contributed by atoms with Gasteiger partial charge in [0.2, 0.25) is 5.91 Å². The maximum absolute atomic E-state index is 11.8. The molecule has 1 amide bonds. The minimum atomic E-state index is -0.0652. The van der Waals surface area contributed by atoms with Crippen LogP contribution in [-0.2, 0) is 11.3 Å². The van der Waals surface area contributed by atoms with Crippen LogP contribution in [0.3, 0.4) is 0 Å². The van der Waals surface area contributed by atoms with Crippen LogP contribution in [-0.4, -0.2) is 22.7 Å². The van der Waals surface area contributed by atoms with Crippen molar-refractivity contribution in [2.45, 2.75) is 24.7 Å². The fourth-order valence-electron chi connectivity index (χ4n) is 1.19. The van der Waals surface area contributed by atoms with Crippen molar-refractivity contribution >= 4 is 49.1 Å². The van der Waals surface area contributed by atoms with E-state index in [1.54, 1.807) is 16.2 Å². The van der Waals surface area contributed by atoms with Crippen LogP contribution in [0.2, 0.25) is 0 Å². The molecule has 0 spiro atoms. The third-order valence-corrected chi connectivity index (χ3v) is 4.64. The molecule has 15 heavy (non-hydrogen) atoms. The molecular formula is C10H13Br2NOS. The highest BCUT2D eigenvalue weighted by atomic mass is 79.9. The number of carbonyl (C=O) groups is 1. The molecule has 1 aromatic rings. The molecule has 0 bridgehead atoms. The van der Waals surface area contributed by atoms with E-state index in [0.717, 1.165) is 10.2 Å². The Morgan fingerprint density at radius 3 is 2.80 bits per heavy atom. The Hall–Kier alpha value is 0.130. The zero-order chi connectivity index (χ0) is 11.4. The van der Waals surface area contributed by atoms with Crippen molar-refractivity contribution < 1.29 is 4.79 Å². The lowest BCUT2D eigenvalue weighted by Crippen LogP contribution is -2.32. The summed E-state index contributed by atoms with van der Waals surface area (Å²) in [5, 5.41) is 2.06. The van der Waals surface area contributed by atoms with Crippen LogP contribution in [0.25, 0.3) is 0 Å². The van der Waals surface area contributed by atoms with Crippen molar-refractivity contribution in [2.24, 2.45) is 0 Å². The summed E-state index contributed by atoms with van der Waals surface area (Å²) in [6.07, 6.45) is 0.816. The SMILES string of the molecule is CCC(Br)C(=O)N(C)Cc1csc(Br)c1. The highest BCUT2D eigenvalue weighted by Crippen LogP contribution is 2.22. The molecule has 0 aliphatic rings. The number of alkyl halides is 1. The van der Waals surface area contributed by atoms with E-state index in [1.165, 1.54) is 5.56 Å². The second-order valence-corrected chi connectivity index (χ2v) is 6.72. The van der Waals surface area contributed by atoms with Gasteiger partial charge in [0.25, 0.3) is 0 Å². The fourth-order valence-corrected chi connectivity index (χ4v) is 2.74. The Bertz CT molecular complexity index is 340. The van der Waals surface area contributed by atoms with Gasteiger partial charge in [0, 0.05) is 13.6 Å². The zero-order valence-corrected chi connectivity index (χ0v) is 12.7. The summed E-state index contributed by atoms with van der Waals surface area (Å²) in [6.45, 7) is 2.66. The zero-order valence-electron chi connectivity index (χ0n) is 8.67. The van der Waals surface area contributed by atoms with Crippen molar-refractivity contribution in [3.8, 4) is 0 Å². The van der Waals surface area contributed by atoms with Gasteiger partial charge in [0.15, 0.2) is 0 Å². The third-order valence-electron chi connectivity index (χ3n) is 2.04. The molecule has 0 aromatic carbocycles. The number of carbonyl (C=O) groups excluding carboxylic acids is 1. The van der Waals surface area contributed by atoms with Gasteiger partial charge in [0.1, 0.15) is 0 Å². The Balaban J connectivity index is 2.55. The molecule has 1 heterocycles. The Morgan fingerprint density at radius 1 is 1.67 bits per heavy atom. The topological polar surface area (TPSA) is 20.3 Å². The monoisotopic (exact) mass is 353 g/mol. The first-order valence-corrected chi connectivity index (χ1v) is 7.25. The predicted molar refractivity (Wildman–Crippen MR) is 71.5 cm³/mol. The molecule has 0 saturated carbocycles. The smallest absolute Gasteiger partial charge is 0.236 e. The Labute approximate surface area is 111 Å². The van der Waals surface area contributed by atoms with Gasteiger partial charge in [-0.25, -0.2) is 0 Å². The summed E-state index contributed by atoms with van der Waals surface area (Å²) in [6, 6.07) is 2.05. The van der Waals surface area contributed by atoms with Crippen LogP contribution in [0.1, 0.15) is 18.9 Å². The minimum absolute atomic E-state index is 0.0652. The minimum Gasteiger partial charge on any atom is -0.340 e. The molecule has 1 unspecified atom stereocenters. The van der Waals surface area contributed by atoms with Gasteiger partial charge in [-0.15, -0.1) is 11.3 Å². The number of thiophene rings is 1. The van der Waals surface area contributed by atoms with Crippen molar-refractivity contribution in [1.29, 1.82) is 0 Å². The molecule has 84 valence electrons. The molecule has 0 aliphatic carbocycles. The van der Waals surface area contributed by atoms with Gasteiger partial charge in [-0.3, -0.25) is 4.79 Å². The molecule has 1 atom stereocenters. The van der Waals surface area contributed by atoms with Crippen molar-refractivity contribution in [3.05, 3.63) is 20.8 Å². The lowest BCUT2D eigenvalue weighted by Gasteiger charge is -2.19. The quantitative estimate of drug-likeness (QED) is 0.756. The Morgan fingerprint density at radius 2 is 2.33 bits per heavy atom. The van der Waals surface area contributed by atoms with Gasteiger partial charge >= 0.3 is 0 Å². The fraction of sp³-hybridized carbons (Fsp3) is 0.500. The second kappa shape index (κ2) is 6.01. The lowest BCUT2D eigenvalue weighted by atomic mass is 10.2. The molecular weight excluding hydrogens is 342 g/mol. The van der Waals surface area contributed by atoms with Crippen molar-refractivity contribution in [3.63, 3.8) is 0 Å². The Kier molecular flexibility index (Phi) is 5.29. The van der Waals surface area contributed by atoms with Crippen LogP contribution in [0, 0.1) is 0 Å². The van der Waals surface area contributed by atoms with Crippen molar-refractivity contribution in [1.82, 2.24) is 4.90 Å². The molecule has 0 fully saturated rings. The van der Waals surface area contributed by atoms with Gasteiger partial charge in [0.05, 0.1) is 8.61 Å². The molecule has 2 nitrogen and oxygen atoms in total. The van der Waals surface area contributed by atoms with Gasteiger partial charge in [-0.1, -0.05) is 22.9 Å². The largest absolute Gasteiger partial charge is 0.340 e. The first kappa shape index (κ1) is 13.2. The van der Waals surface area contributed by atoms with E-state index in [-0.39, 0.29) is 10.7 Å². The molecule has 1 rings (SSSR count). The number of halogens is 2. The van der Waals surface area contributed by atoms with Gasteiger partial charge < -0.3 is 4.90 Å². The molecule has 0 radical (unpaired) electrons. The first-order valence-electron chi connectivity index (χ1n) is 4.66. The van der Waals surface area contributed by atoms with Crippen LogP contribution in [0.4, 0.5) is 0 Å². The number of hydrogen-bond acceptors (Lipinski definition) is 2. The number of rotatable bonds is 4. The second-order valence-electron chi connectivity index (χ2n) is 3.33. The molecule has 0 aliphatic heterocycles. The van der Waals surface area contributed by atoms with Gasteiger partial charge in [-0.2, -0.15) is 0 Å². The normalized spacial score (nSPS) is 12.5. The molecule has 0 N–H and O–H groups in total. The number of hydrogen-bond donors (Lipinski definition) is 0. The van der Waals surface area contributed by atoms with E-state index < -0.39 is 0 Å². The van der Waals surface area contributed by atoms with E-state index in [0.29, 0.717) is 6.54 Å². The van der Waals surface area contributed by atoms with E-state index >= 15 is 0 Å². The highest BCUT2D eigenvalue weighted by Gasteiger charge is 2.17. The first-order chi connectivity index (χ1) is 7.04. The third kappa shape index (κ3) is 3.89. The molecule has 5 heteroatoms. The van der Waals surface area contributed by atoms with E-state index in [4.69, 9.17) is 0 Å².